The highest BCUT2D eigenvalue weighted by molar-refractivity contribution is 7.99. The van der Waals surface area contributed by atoms with E-state index >= 15 is 0 Å². The summed E-state index contributed by atoms with van der Waals surface area (Å²) in [6.07, 6.45) is 2.93. The van der Waals surface area contributed by atoms with Crippen LogP contribution < -0.4 is 4.90 Å². The molecule has 0 spiro atoms. The lowest BCUT2D eigenvalue weighted by Gasteiger charge is -2.25. The molecule has 2 rings (SSSR count). The minimum Gasteiger partial charge on any atom is -0.371 e. The molecule has 1 unspecified atom stereocenters. The average Bonchev–Trinajstić information content (AvgIpc) is 2.81. The number of aromatic nitrogens is 1. The maximum atomic E-state index is 8.77. The first-order chi connectivity index (χ1) is 7.31. The lowest BCUT2D eigenvalue weighted by atomic mass is 10.2. The van der Waals surface area contributed by atoms with Crippen LogP contribution in [0.3, 0.4) is 0 Å². The molecular weight excluding hydrogens is 206 g/mol. The number of nitriles is 1. The first-order valence-electron chi connectivity index (χ1n) is 4.98. The summed E-state index contributed by atoms with van der Waals surface area (Å²) in [6, 6.07) is 6.48. The second-order valence-electron chi connectivity index (χ2n) is 3.64. The van der Waals surface area contributed by atoms with E-state index in [4.69, 9.17) is 5.26 Å². The van der Waals surface area contributed by atoms with Crippen LogP contribution in [-0.4, -0.2) is 29.6 Å². The molecule has 1 atom stereocenters. The molecule has 1 aliphatic rings. The van der Waals surface area contributed by atoms with Crippen LogP contribution in [0.2, 0.25) is 0 Å². The summed E-state index contributed by atoms with van der Waals surface area (Å²) >= 11 is 1.99. The molecule has 0 N–H and O–H groups in total. The summed E-state index contributed by atoms with van der Waals surface area (Å²) in [5.74, 6) is 2.42. The molecule has 0 saturated carbocycles. The van der Waals surface area contributed by atoms with Gasteiger partial charge >= 0.3 is 0 Å². The highest BCUT2D eigenvalue weighted by Crippen LogP contribution is 2.25. The fraction of sp³-hybridized carbons (Fsp3) is 0.455. The number of nitrogens with zero attached hydrogens (tertiary/aromatic N) is 3. The predicted molar refractivity (Wildman–Crippen MR) is 63.1 cm³/mol. The smallest absolute Gasteiger partial charge is 0.142 e. The second kappa shape index (κ2) is 4.54. The van der Waals surface area contributed by atoms with Crippen LogP contribution in [-0.2, 0) is 0 Å². The summed E-state index contributed by atoms with van der Waals surface area (Å²) in [5.41, 5.74) is 1.58. The van der Waals surface area contributed by atoms with Crippen LogP contribution >= 0.6 is 11.8 Å². The third kappa shape index (κ3) is 2.24. The van der Waals surface area contributed by atoms with Gasteiger partial charge in [-0.05, 0) is 24.3 Å². The van der Waals surface area contributed by atoms with Crippen molar-refractivity contribution in [3.63, 3.8) is 0 Å². The zero-order chi connectivity index (χ0) is 10.7. The van der Waals surface area contributed by atoms with Crippen molar-refractivity contribution in [3.05, 3.63) is 24.0 Å². The van der Waals surface area contributed by atoms with Gasteiger partial charge in [-0.15, -0.1) is 0 Å². The Kier molecular flexibility index (Phi) is 3.12. The molecule has 1 fully saturated rings. The average molecular weight is 219 g/mol. The number of hydrogen-bond donors (Lipinski definition) is 0. The minimum absolute atomic E-state index is 0.491. The van der Waals surface area contributed by atoms with E-state index < -0.39 is 0 Å². The van der Waals surface area contributed by atoms with Crippen molar-refractivity contribution >= 4 is 17.4 Å². The zero-order valence-corrected chi connectivity index (χ0v) is 9.50. The van der Waals surface area contributed by atoms with Crippen molar-refractivity contribution in [1.29, 1.82) is 5.26 Å². The molecule has 0 radical (unpaired) electrons. The number of pyridine rings is 1. The van der Waals surface area contributed by atoms with E-state index in [1.807, 2.05) is 23.9 Å². The van der Waals surface area contributed by atoms with Gasteiger partial charge in [-0.25, -0.2) is 4.98 Å². The Labute approximate surface area is 94.1 Å². The van der Waals surface area contributed by atoms with Crippen LogP contribution in [0, 0.1) is 11.3 Å². The van der Waals surface area contributed by atoms with Gasteiger partial charge in [0.05, 0.1) is 0 Å². The number of anilines is 1. The fourth-order valence-electron chi connectivity index (χ4n) is 1.74. The van der Waals surface area contributed by atoms with Crippen LogP contribution in [0.5, 0.6) is 0 Å². The largest absolute Gasteiger partial charge is 0.371 e. The van der Waals surface area contributed by atoms with Crippen molar-refractivity contribution in [2.24, 2.45) is 0 Å². The molecule has 1 aliphatic heterocycles. The minimum atomic E-state index is 0.491. The van der Waals surface area contributed by atoms with E-state index in [1.54, 1.807) is 6.20 Å². The third-order valence-corrected chi connectivity index (χ3v) is 3.86. The molecule has 0 aliphatic carbocycles. The molecule has 0 amide bonds. The molecular formula is C11H13N3S. The van der Waals surface area contributed by atoms with Gasteiger partial charge in [0.15, 0.2) is 0 Å². The van der Waals surface area contributed by atoms with Gasteiger partial charge in [0.25, 0.3) is 0 Å². The number of rotatable bonds is 2. The molecule has 0 aromatic carbocycles. The SMILES string of the molecule is CN(c1ccnc(C#N)c1)C1CCSC1. The highest BCUT2D eigenvalue weighted by atomic mass is 32.2. The van der Waals surface area contributed by atoms with E-state index in [-0.39, 0.29) is 0 Å². The van der Waals surface area contributed by atoms with Crippen LogP contribution in [0.15, 0.2) is 18.3 Å². The van der Waals surface area contributed by atoms with Gasteiger partial charge in [0, 0.05) is 30.7 Å². The standard InChI is InChI=1S/C11H13N3S/c1-14(11-3-5-15-8-11)10-2-4-13-9(6-10)7-12/h2,4,6,11H,3,5,8H2,1H3. The lowest BCUT2D eigenvalue weighted by Crippen LogP contribution is -2.31. The topological polar surface area (TPSA) is 39.9 Å². The Balaban J connectivity index is 2.17. The number of thioether (sulfide) groups is 1. The van der Waals surface area contributed by atoms with Crippen molar-refractivity contribution in [2.75, 3.05) is 23.5 Å². The second-order valence-corrected chi connectivity index (χ2v) is 4.79. The summed E-state index contributed by atoms with van der Waals surface area (Å²) in [6.45, 7) is 0. The maximum absolute atomic E-state index is 8.77. The maximum Gasteiger partial charge on any atom is 0.142 e. The summed E-state index contributed by atoms with van der Waals surface area (Å²) in [7, 11) is 2.09. The first kappa shape index (κ1) is 10.3. The Morgan fingerprint density at radius 1 is 1.67 bits per heavy atom. The summed E-state index contributed by atoms with van der Waals surface area (Å²) in [5, 5.41) is 8.77. The van der Waals surface area contributed by atoms with E-state index in [9.17, 15) is 0 Å². The first-order valence-corrected chi connectivity index (χ1v) is 6.13. The number of hydrogen-bond acceptors (Lipinski definition) is 4. The van der Waals surface area contributed by atoms with Crippen LogP contribution in [0.25, 0.3) is 0 Å². The molecule has 15 heavy (non-hydrogen) atoms. The van der Waals surface area contributed by atoms with E-state index in [1.165, 1.54) is 17.9 Å². The molecule has 1 aromatic heterocycles. The van der Waals surface area contributed by atoms with Crippen molar-refractivity contribution in [1.82, 2.24) is 4.98 Å². The Morgan fingerprint density at radius 2 is 2.53 bits per heavy atom. The van der Waals surface area contributed by atoms with Crippen molar-refractivity contribution in [2.45, 2.75) is 12.5 Å². The summed E-state index contributed by atoms with van der Waals surface area (Å²) < 4.78 is 0. The van der Waals surface area contributed by atoms with Crippen molar-refractivity contribution < 1.29 is 0 Å². The summed E-state index contributed by atoms with van der Waals surface area (Å²) in [4.78, 5) is 6.23. The predicted octanol–water partition coefficient (Wildman–Crippen LogP) is 1.89. The van der Waals surface area contributed by atoms with E-state index in [0.29, 0.717) is 11.7 Å². The monoisotopic (exact) mass is 219 g/mol. The Hall–Kier alpha value is -1.21. The highest BCUT2D eigenvalue weighted by Gasteiger charge is 2.20. The zero-order valence-electron chi connectivity index (χ0n) is 8.68. The van der Waals surface area contributed by atoms with E-state index in [0.717, 1.165) is 5.69 Å². The van der Waals surface area contributed by atoms with Gasteiger partial charge in [-0.1, -0.05) is 0 Å². The van der Waals surface area contributed by atoms with Gasteiger partial charge in [-0.3, -0.25) is 0 Å². The third-order valence-electron chi connectivity index (χ3n) is 2.72. The Morgan fingerprint density at radius 3 is 3.20 bits per heavy atom. The molecule has 1 saturated heterocycles. The van der Waals surface area contributed by atoms with Gasteiger partial charge in [0.1, 0.15) is 11.8 Å². The fourth-order valence-corrected chi connectivity index (χ4v) is 3.01. The quantitative estimate of drug-likeness (QED) is 0.761. The molecule has 0 bridgehead atoms. The molecule has 2 heterocycles. The molecule has 78 valence electrons. The van der Waals surface area contributed by atoms with Crippen LogP contribution in [0.1, 0.15) is 12.1 Å². The lowest BCUT2D eigenvalue weighted by molar-refractivity contribution is 0.699. The van der Waals surface area contributed by atoms with Gasteiger partial charge in [0.2, 0.25) is 0 Å². The molecule has 4 heteroatoms. The van der Waals surface area contributed by atoms with E-state index in [2.05, 4.69) is 23.0 Å². The van der Waals surface area contributed by atoms with Gasteiger partial charge < -0.3 is 4.90 Å². The van der Waals surface area contributed by atoms with Crippen LogP contribution in [0.4, 0.5) is 5.69 Å². The normalized spacial score (nSPS) is 19.9. The van der Waals surface area contributed by atoms with Gasteiger partial charge in [-0.2, -0.15) is 17.0 Å². The molecule has 3 nitrogen and oxygen atoms in total. The molecule has 1 aromatic rings. The van der Waals surface area contributed by atoms with Crippen molar-refractivity contribution in [3.8, 4) is 6.07 Å². The Bertz CT molecular complexity index is 380.